The highest BCUT2D eigenvalue weighted by atomic mass is 16.5. The van der Waals surface area contributed by atoms with Gasteiger partial charge in [0.05, 0.1) is 40.7 Å². The summed E-state index contributed by atoms with van der Waals surface area (Å²) in [6.07, 6.45) is 4.32. The van der Waals surface area contributed by atoms with Gasteiger partial charge in [-0.2, -0.15) is 0 Å². The zero-order valence-corrected chi connectivity index (χ0v) is 19.5. The zero-order chi connectivity index (χ0) is 22.9. The molecule has 0 spiro atoms. The molecule has 1 aliphatic rings. The van der Waals surface area contributed by atoms with Crippen LogP contribution in [0, 0.1) is 5.92 Å². The quantitative estimate of drug-likeness (QED) is 0.600. The standard InChI is InChI=1S/C25H34N2O5/c1-29-20-7-8-23(24(16-20)32-4)26-25(28)17-27-11-9-18(10-12-27)5-6-19-13-21(30-2)15-22(14-19)31-3/h7-8,13-16,18H,5-6,9-12,17H2,1-4H3,(H,26,28). The molecule has 1 aliphatic heterocycles. The third-order valence-corrected chi connectivity index (χ3v) is 6.01. The molecular weight excluding hydrogens is 408 g/mol. The lowest BCUT2D eigenvalue weighted by molar-refractivity contribution is -0.117. The van der Waals surface area contributed by atoms with E-state index < -0.39 is 0 Å². The Morgan fingerprint density at radius 1 is 0.906 bits per heavy atom. The fourth-order valence-corrected chi connectivity index (χ4v) is 4.11. The highest BCUT2D eigenvalue weighted by molar-refractivity contribution is 5.93. The number of carbonyl (C=O) groups is 1. The molecule has 2 aromatic rings. The summed E-state index contributed by atoms with van der Waals surface area (Å²) in [6, 6.07) is 11.4. The SMILES string of the molecule is COc1cc(CCC2CCN(CC(=O)Nc3ccc(OC)cc3OC)CC2)cc(OC)c1. The third kappa shape index (κ3) is 6.53. The number of hydrogen-bond donors (Lipinski definition) is 1. The molecule has 1 N–H and O–H groups in total. The summed E-state index contributed by atoms with van der Waals surface area (Å²) in [5.41, 5.74) is 1.89. The van der Waals surface area contributed by atoms with Gasteiger partial charge in [-0.25, -0.2) is 0 Å². The first kappa shape index (κ1) is 23.7. The fraction of sp³-hybridized carbons (Fsp3) is 0.480. The van der Waals surface area contributed by atoms with Crippen LogP contribution in [0.4, 0.5) is 5.69 Å². The Morgan fingerprint density at radius 3 is 2.16 bits per heavy atom. The van der Waals surface area contributed by atoms with E-state index in [1.807, 2.05) is 12.1 Å². The van der Waals surface area contributed by atoms with E-state index in [0.717, 1.165) is 50.3 Å². The molecular formula is C25H34N2O5. The second-order valence-corrected chi connectivity index (χ2v) is 8.09. The first-order valence-corrected chi connectivity index (χ1v) is 11.0. The van der Waals surface area contributed by atoms with Gasteiger partial charge in [0.1, 0.15) is 23.0 Å². The van der Waals surface area contributed by atoms with E-state index >= 15 is 0 Å². The molecule has 1 amide bonds. The van der Waals surface area contributed by atoms with Crippen LogP contribution in [-0.2, 0) is 11.2 Å². The van der Waals surface area contributed by atoms with Crippen molar-refractivity contribution in [3.8, 4) is 23.0 Å². The van der Waals surface area contributed by atoms with Gasteiger partial charge in [0.2, 0.25) is 5.91 Å². The summed E-state index contributed by atoms with van der Waals surface area (Å²) >= 11 is 0. The van der Waals surface area contributed by atoms with Gasteiger partial charge in [-0.15, -0.1) is 0 Å². The van der Waals surface area contributed by atoms with Gasteiger partial charge in [0.15, 0.2) is 0 Å². The number of nitrogens with one attached hydrogen (secondary N) is 1. The monoisotopic (exact) mass is 442 g/mol. The van der Waals surface area contributed by atoms with Crippen molar-refractivity contribution in [2.45, 2.75) is 25.7 Å². The van der Waals surface area contributed by atoms with E-state index in [4.69, 9.17) is 18.9 Å². The number of piperidine rings is 1. The second kappa shape index (κ2) is 11.6. The average molecular weight is 443 g/mol. The van der Waals surface area contributed by atoms with Crippen molar-refractivity contribution in [3.63, 3.8) is 0 Å². The predicted molar refractivity (Wildman–Crippen MR) is 125 cm³/mol. The van der Waals surface area contributed by atoms with E-state index in [1.54, 1.807) is 40.6 Å². The molecule has 3 rings (SSSR count). The van der Waals surface area contributed by atoms with Crippen molar-refractivity contribution in [3.05, 3.63) is 42.0 Å². The lowest BCUT2D eigenvalue weighted by atomic mass is 9.90. The predicted octanol–water partition coefficient (Wildman–Crippen LogP) is 4.00. The molecule has 0 saturated carbocycles. The van der Waals surface area contributed by atoms with Crippen LogP contribution in [0.3, 0.4) is 0 Å². The molecule has 1 heterocycles. The van der Waals surface area contributed by atoms with Gasteiger partial charge in [-0.3, -0.25) is 9.69 Å². The minimum absolute atomic E-state index is 0.0320. The number of anilines is 1. The topological polar surface area (TPSA) is 69.3 Å². The van der Waals surface area contributed by atoms with E-state index in [-0.39, 0.29) is 5.91 Å². The van der Waals surface area contributed by atoms with Gasteiger partial charge in [-0.05, 0) is 74.5 Å². The van der Waals surface area contributed by atoms with Crippen molar-refractivity contribution < 1.29 is 23.7 Å². The number of amides is 1. The first-order valence-electron chi connectivity index (χ1n) is 11.0. The van der Waals surface area contributed by atoms with Gasteiger partial charge < -0.3 is 24.3 Å². The fourth-order valence-electron chi connectivity index (χ4n) is 4.11. The number of rotatable bonds is 10. The van der Waals surface area contributed by atoms with Crippen molar-refractivity contribution in [2.75, 3.05) is 53.4 Å². The molecule has 0 bridgehead atoms. The summed E-state index contributed by atoms with van der Waals surface area (Å²) in [4.78, 5) is 14.8. The maximum absolute atomic E-state index is 12.6. The normalized spacial score (nSPS) is 14.6. The van der Waals surface area contributed by atoms with Crippen LogP contribution in [0.5, 0.6) is 23.0 Å². The highest BCUT2D eigenvalue weighted by Gasteiger charge is 2.21. The van der Waals surface area contributed by atoms with Crippen LogP contribution in [-0.4, -0.2) is 58.9 Å². The number of methoxy groups -OCH3 is 4. The van der Waals surface area contributed by atoms with Crippen LogP contribution in [0.1, 0.15) is 24.8 Å². The molecule has 1 fully saturated rings. The summed E-state index contributed by atoms with van der Waals surface area (Å²) in [5.74, 6) is 3.56. The molecule has 0 atom stereocenters. The number of hydrogen-bond acceptors (Lipinski definition) is 6. The van der Waals surface area contributed by atoms with Crippen LogP contribution in [0.2, 0.25) is 0 Å². The molecule has 0 radical (unpaired) electrons. The van der Waals surface area contributed by atoms with Gasteiger partial charge >= 0.3 is 0 Å². The third-order valence-electron chi connectivity index (χ3n) is 6.01. The number of likely N-dealkylation sites (tertiary alicyclic amines) is 1. The number of ether oxygens (including phenoxy) is 4. The largest absolute Gasteiger partial charge is 0.497 e. The van der Waals surface area contributed by atoms with Crippen LogP contribution in [0.25, 0.3) is 0 Å². The Hall–Kier alpha value is -2.93. The van der Waals surface area contributed by atoms with E-state index in [1.165, 1.54) is 5.56 Å². The molecule has 1 saturated heterocycles. The maximum atomic E-state index is 12.6. The van der Waals surface area contributed by atoms with Crippen molar-refractivity contribution in [2.24, 2.45) is 5.92 Å². The molecule has 0 aromatic heterocycles. The molecule has 32 heavy (non-hydrogen) atoms. The minimum Gasteiger partial charge on any atom is -0.497 e. The van der Waals surface area contributed by atoms with Crippen molar-refractivity contribution >= 4 is 11.6 Å². The Labute approximate surface area is 190 Å². The highest BCUT2D eigenvalue weighted by Crippen LogP contribution is 2.29. The van der Waals surface area contributed by atoms with E-state index in [2.05, 4.69) is 22.3 Å². The smallest absolute Gasteiger partial charge is 0.238 e. The summed E-state index contributed by atoms with van der Waals surface area (Å²) in [5, 5.41) is 2.95. The van der Waals surface area contributed by atoms with Crippen LogP contribution >= 0.6 is 0 Å². The lowest BCUT2D eigenvalue weighted by Gasteiger charge is -2.31. The summed E-state index contributed by atoms with van der Waals surface area (Å²) in [6.45, 7) is 2.24. The number of aryl methyl sites for hydroxylation is 1. The van der Waals surface area contributed by atoms with E-state index in [9.17, 15) is 4.79 Å². The van der Waals surface area contributed by atoms with Gasteiger partial charge in [0, 0.05) is 12.1 Å². The Bertz CT molecular complexity index is 872. The molecule has 0 unspecified atom stereocenters. The zero-order valence-electron chi connectivity index (χ0n) is 19.5. The Morgan fingerprint density at radius 2 is 1.56 bits per heavy atom. The molecule has 0 aliphatic carbocycles. The number of carbonyl (C=O) groups excluding carboxylic acids is 1. The minimum atomic E-state index is -0.0320. The lowest BCUT2D eigenvalue weighted by Crippen LogP contribution is -2.39. The van der Waals surface area contributed by atoms with E-state index in [0.29, 0.717) is 29.6 Å². The van der Waals surface area contributed by atoms with Crippen LogP contribution in [0.15, 0.2) is 36.4 Å². The summed E-state index contributed by atoms with van der Waals surface area (Å²) in [7, 11) is 6.53. The molecule has 7 heteroatoms. The first-order chi connectivity index (χ1) is 15.5. The molecule has 7 nitrogen and oxygen atoms in total. The second-order valence-electron chi connectivity index (χ2n) is 8.09. The number of benzene rings is 2. The van der Waals surface area contributed by atoms with Crippen molar-refractivity contribution in [1.82, 2.24) is 4.90 Å². The Kier molecular flexibility index (Phi) is 8.62. The van der Waals surface area contributed by atoms with Gasteiger partial charge in [0.25, 0.3) is 0 Å². The summed E-state index contributed by atoms with van der Waals surface area (Å²) < 4.78 is 21.3. The molecule has 174 valence electrons. The van der Waals surface area contributed by atoms with Crippen LogP contribution < -0.4 is 24.3 Å². The molecule has 2 aromatic carbocycles. The number of nitrogens with zero attached hydrogens (tertiary/aromatic N) is 1. The average Bonchev–Trinajstić information content (AvgIpc) is 2.83. The van der Waals surface area contributed by atoms with Gasteiger partial charge in [-0.1, -0.05) is 0 Å². The van der Waals surface area contributed by atoms with Crippen molar-refractivity contribution in [1.29, 1.82) is 0 Å². The Balaban J connectivity index is 1.44. The maximum Gasteiger partial charge on any atom is 0.238 e.